The first kappa shape index (κ1) is 20.2. The summed E-state index contributed by atoms with van der Waals surface area (Å²) < 4.78 is 0.795. The molecule has 0 bridgehead atoms. The van der Waals surface area contributed by atoms with Crippen molar-refractivity contribution < 1.29 is 9.28 Å². The Morgan fingerprint density at radius 1 is 1.17 bits per heavy atom. The van der Waals surface area contributed by atoms with Crippen molar-refractivity contribution in [3.05, 3.63) is 39.9 Å². The number of unbranched alkanes of at least 4 members (excludes halogenated alkanes) is 2. The van der Waals surface area contributed by atoms with Crippen LogP contribution in [-0.2, 0) is 4.79 Å². The Labute approximate surface area is 150 Å². The number of carbonyl (C=O) groups is 1. The van der Waals surface area contributed by atoms with E-state index in [2.05, 4.69) is 28.1 Å². The van der Waals surface area contributed by atoms with Gasteiger partial charge in [-0.15, -0.1) is 0 Å². The molecule has 0 saturated heterocycles. The van der Waals surface area contributed by atoms with Crippen molar-refractivity contribution >= 4 is 35.1 Å². The van der Waals surface area contributed by atoms with Crippen LogP contribution in [0.2, 0.25) is 10.0 Å². The van der Waals surface area contributed by atoms with E-state index in [1.54, 1.807) is 18.2 Å². The summed E-state index contributed by atoms with van der Waals surface area (Å²) in [5.41, 5.74) is 0.894. The van der Waals surface area contributed by atoms with E-state index in [0.29, 0.717) is 10.0 Å². The Balaban J connectivity index is 2.77. The first-order chi connectivity index (χ1) is 10.7. The topological polar surface area (TPSA) is 17.1 Å². The van der Waals surface area contributed by atoms with Crippen LogP contribution in [0.3, 0.4) is 0 Å². The number of nitrogens with zero attached hydrogens (tertiary/aromatic N) is 1. The fourth-order valence-corrected chi connectivity index (χ4v) is 2.86. The van der Waals surface area contributed by atoms with Gasteiger partial charge in [-0.2, -0.15) is 0 Å². The highest BCUT2D eigenvalue weighted by molar-refractivity contribution is 6.42. The lowest BCUT2D eigenvalue weighted by atomic mass is 9.95. The molecule has 2 nitrogen and oxygen atoms in total. The van der Waals surface area contributed by atoms with Crippen LogP contribution in [0.25, 0.3) is 6.08 Å². The third kappa shape index (κ3) is 8.01. The second-order valence-corrected chi connectivity index (χ2v) is 7.89. The lowest BCUT2D eigenvalue weighted by molar-refractivity contribution is -0.872. The zero-order valence-electron chi connectivity index (χ0n) is 14.6. The van der Waals surface area contributed by atoms with Crippen molar-refractivity contribution in [2.45, 2.75) is 32.6 Å². The maximum Gasteiger partial charge on any atom is 0.164 e. The number of hydrogen-bond donors (Lipinski definition) is 0. The molecule has 0 aliphatic carbocycles. The summed E-state index contributed by atoms with van der Waals surface area (Å²) in [5.74, 6) is 0.265. The molecule has 0 radical (unpaired) electrons. The van der Waals surface area contributed by atoms with E-state index in [0.717, 1.165) is 29.4 Å². The molecule has 0 aliphatic rings. The summed E-state index contributed by atoms with van der Waals surface area (Å²) >= 11 is 11.9. The average molecular weight is 357 g/mol. The minimum Gasteiger partial charge on any atom is -0.330 e. The monoisotopic (exact) mass is 356 g/mol. The molecule has 1 atom stereocenters. The standard InChI is InChI=1S/C19H28Cl2NO/c1-5-6-7-8-16(14-22(2,3)4)19(23)12-10-15-9-11-17(20)18(21)13-15/h9-13,16H,5-8,14H2,1-4H3/q+1. The third-order valence-electron chi connectivity index (χ3n) is 3.71. The van der Waals surface area contributed by atoms with Crippen LogP contribution in [-0.4, -0.2) is 38.0 Å². The summed E-state index contributed by atoms with van der Waals surface area (Å²) in [7, 11) is 6.38. The van der Waals surface area contributed by atoms with Crippen LogP contribution in [0.15, 0.2) is 24.3 Å². The maximum atomic E-state index is 12.6. The van der Waals surface area contributed by atoms with Gasteiger partial charge in [-0.05, 0) is 30.2 Å². The van der Waals surface area contributed by atoms with E-state index in [1.165, 1.54) is 12.8 Å². The molecule has 0 amide bonds. The number of benzene rings is 1. The minimum atomic E-state index is 0.0700. The van der Waals surface area contributed by atoms with Crippen LogP contribution in [0.4, 0.5) is 0 Å². The SMILES string of the molecule is CCCCCC(C[N+](C)(C)C)C(=O)C=Cc1ccc(Cl)c(Cl)c1. The zero-order chi connectivity index (χ0) is 17.5. The minimum absolute atomic E-state index is 0.0700. The largest absolute Gasteiger partial charge is 0.330 e. The van der Waals surface area contributed by atoms with Crippen LogP contribution in [0, 0.1) is 5.92 Å². The number of hydrogen-bond acceptors (Lipinski definition) is 1. The molecule has 1 unspecified atom stereocenters. The Kier molecular flexibility index (Phi) is 8.32. The van der Waals surface area contributed by atoms with Crippen molar-refractivity contribution in [1.82, 2.24) is 0 Å². The van der Waals surface area contributed by atoms with Gasteiger partial charge in [-0.25, -0.2) is 0 Å². The normalized spacial score (nSPS) is 13.5. The quantitative estimate of drug-likeness (QED) is 0.325. The van der Waals surface area contributed by atoms with E-state index < -0.39 is 0 Å². The molecule has 23 heavy (non-hydrogen) atoms. The highest BCUT2D eigenvalue weighted by Gasteiger charge is 2.23. The van der Waals surface area contributed by atoms with Gasteiger partial charge in [0.1, 0.15) is 0 Å². The van der Waals surface area contributed by atoms with Crippen molar-refractivity contribution in [2.24, 2.45) is 5.92 Å². The molecule has 0 saturated carbocycles. The fraction of sp³-hybridized carbons (Fsp3) is 0.526. The van der Waals surface area contributed by atoms with Crippen molar-refractivity contribution in [2.75, 3.05) is 27.7 Å². The number of quaternary nitrogens is 1. The van der Waals surface area contributed by atoms with Gasteiger partial charge in [0.2, 0.25) is 0 Å². The Hall–Kier alpha value is -0.830. The molecular weight excluding hydrogens is 329 g/mol. The van der Waals surface area contributed by atoms with Crippen molar-refractivity contribution in [3.8, 4) is 0 Å². The van der Waals surface area contributed by atoms with Crippen molar-refractivity contribution in [3.63, 3.8) is 0 Å². The van der Waals surface area contributed by atoms with E-state index in [9.17, 15) is 4.79 Å². The van der Waals surface area contributed by atoms with E-state index in [-0.39, 0.29) is 11.7 Å². The second-order valence-electron chi connectivity index (χ2n) is 7.07. The second kappa shape index (κ2) is 9.46. The van der Waals surface area contributed by atoms with Crippen LogP contribution in [0.5, 0.6) is 0 Å². The summed E-state index contributed by atoms with van der Waals surface area (Å²) in [6, 6.07) is 5.39. The highest BCUT2D eigenvalue weighted by atomic mass is 35.5. The Morgan fingerprint density at radius 3 is 2.43 bits per heavy atom. The molecule has 1 aromatic carbocycles. The van der Waals surface area contributed by atoms with E-state index in [1.807, 2.05) is 12.1 Å². The molecule has 0 fully saturated rings. The number of ketones is 1. The zero-order valence-corrected chi connectivity index (χ0v) is 16.1. The highest BCUT2D eigenvalue weighted by Crippen LogP contribution is 2.23. The predicted octanol–water partition coefficient (Wildman–Crippen LogP) is 5.48. The smallest absolute Gasteiger partial charge is 0.164 e. The summed E-state index contributed by atoms with van der Waals surface area (Å²) in [5, 5.41) is 1.03. The molecule has 0 spiro atoms. The van der Waals surface area contributed by atoms with Gasteiger partial charge in [0.05, 0.1) is 43.7 Å². The maximum absolute atomic E-state index is 12.6. The number of carbonyl (C=O) groups excluding carboxylic acids is 1. The summed E-state index contributed by atoms with van der Waals surface area (Å²) in [4.78, 5) is 12.6. The average Bonchev–Trinajstić information content (AvgIpc) is 2.46. The van der Waals surface area contributed by atoms with Gasteiger partial charge in [-0.3, -0.25) is 4.79 Å². The van der Waals surface area contributed by atoms with Crippen LogP contribution >= 0.6 is 23.2 Å². The molecule has 1 rings (SSSR count). The van der Waals surface area contributed by atoms with Gasteiger partial charge in [-0.1, -0.05) is 61.5 Å². The lowest BCUT2D eigenvalue weighted by Gasteiger charge is -2.28. The molecule has 0 heterocycles. The Morgan fingerprint density at radius 2 is 1.87 bits per heavy atom. The molecule has 128 valence electrons. The van der Waals surface area contributed by atoms with Crippen LogP contribution < -0.4 is 0 Å². The third-order valence-corrected chi connectivity index (χ3v) is 4.45. The Bertz CT molecular complexity index is 547. The first-order valence-corrected chi connectivity index (χ1v) is 8.96. The first-order valence-electron chi connectivity index (χ1n) is 8.20. The molecule has 4 heteroatoms. The molecule has 1 aromatic rings. The van der Waals surface area contributed by atoms with E-state index in [4.69, 9.17) is 23.2 Å². The number of halogens is 2. The fourth-order valence-electron chi connectivity index (χ4n) is 2.56. The number of allylic oxidation sites excluding steroid dienone is 1. The van der Waals surface area contributed by atoms with Gasteiger partial charge >= 0.3 is 0 Å². The van der Waals surface area contributed by atoms with Gasteiger partial charge < -0.3 is 4.48 Å². The van der Waals surface area contributed by atoms with Crippen LogP contribution in [0.1, 0.15) is 38.2 Å². The lowest BCUT2D eigenvalue weighted by Crippen LogP contribution is -2.41. The van der Waals surface area contributed by atoms with E-state index >= 15 is 0 Å². The van der Waals surface area contributed by atoms with Gasteiger partial charge in [0.15, 0.2) is 5.78 Å². The predicted molar refractivity (Wildman–Crippen MR) is 101 cm³/mol. The molecule has 0 N–H and O–H groups in total. The number of rotatable bonds is 9. The molecule has 0 aromatic heterocycles. The van der Waals surface area contributed by atoms with Gasteiger partial charge in [0, 0.05) is 0 Å². The van der Waals surface area contributed by atoms with Crippen molar-refractivity contribution in [1.29, 1.82) is 0 Å². The van der Waals surface area contributed by atoms with Gasteiger partial charge in [0.25, 0.3) is 0 Å². The molecule has 0 aliphatic heterocycles. The summed E-state index contributed by atoms with van der Waals surface area (Å²) in [6.45, 7) is 3.04. The summed E-state index contributed by atoms with van der Waals surface area (Å²) in [6.07, 6.45) is 7.92. The molecular formula is C19H28Cl2NO+.